The molecule has 110 valence electrons. The van der Waals surface area contributed by atoms with E-state index in [2.05, 4.69) is 10.2 Å². The van der Waals surface area contributed by atoms with Crippen LogP contribution in [0.3, 0.4) is 0 Å². The largest absolute Gasteiger partial charge is 0.314 e. The molecule has 0 bridgehead atoms. The van der Waals surface area contributed by atoms with Crippen LogP contribution in [0.4, 0.5) is 0 Å². The first-order valence-electron chi connectivity index (χ1n) is 6.63. The van der Waals surface area contributed by atoms with Crippen molar-refractivity contribution >= 4 is 35.9 Å². The summed E-state index contributed by atoms with van der Waals surface area (Å²) >= 11 is 5.89. The molecular weight excluding hydrogens is 295 g/mol. The lowest BCUT2D eigenvalue weighted by molar-refractivity contribution is -0.114. The Hall–Kier alpha value is -0.870. The summed E-state index contributed by atoms with van der Waals surface area (Å²) in [5, 5.41) is 3.99. The van der Waals surface area contributed by atoms with Gasteiger partial charge in [-0.2, -0.15) is 0 Å². The molecule has 0 saturated carbocycles. The molecule has 1 heterocycles. The van der Waals surface area contributed by atoms with Gasteiger partial charge in [0.25, 0.3) is 0 Å². The van der Waals surface area contributed by atoms with Crippen molar-refractivity contribution in [1.82, 2.24) is 10.2 Å². The summed E-state index contributed by atoms with van der Waals surface area (Å²) < 4.78 is 0. The Balaban J connectivity index is 0.00000200. The SMILES string of the molecule is Cl.O=C(C=Cc1cccc(Cl)c1)CCN1CCNCC1. The van der Waals surface area contributed by atoms with Gasteiger partial charge < -0.3 is 10.2 Å². The molecule has 1 aliphatic heterocycles. The van der Waals surface area contributed by atoms with Crippen molar-refractivity contribution in [3.63, 3.8) is 0 Å². The standard InChI is InChI=1S/C15H19ClN2O.ClH/c16-14-3-1-2-13(12-14)4-5-15(19)6-9-18-10-7-17-8-11-18;/h1-5,12,17H,6-11H2;1H. The third-order valence-electron chi connectivity index (χ3n) is 3.19. The molecule has 1 aromatic carbocycles. The first-order chi connectivity index (χ1) is 9.24. The molecule has 0 unspecified atom stereocenters. The molecule has 3 nitrogen and oxygen atoms in total. The summed E-state index contributed by atoms with van der Waals surface area (Å²) in [5.41, 5.74) is 0.961. The number of carbonyl (C=O) groups is 1. The van der Waals surface area contributed by atoms with Gasteiger partial charge in [-0.05, 0) is 23.8 Å². The Bertz CT molecular complexity index is 457. The first kappa shape index (κ1) is 17.2. The van der Waals surface area contributed by atoms with E-state index in [1.165, 1.54) is 0 Å². The molecular formula is C15H20Cl2N2O. The molecule has 1 aromatic rings. The number of nitrogens with one attached hydrogen (secondary N) is 1. The molecule has 2 rings (SSSR count). The molecule has 1 fully saturated rings. The number of nitrogens with zero attached hydrogens (tertiary/aromatic N) is 1. The van der Waals surface area contributed by atoms with Gasteiger partial charge in [0.15, 0.2) is 5.78 Å². The van der Waals surface area contributed by atoms with E-state index in [9.17, 15) is 4.79 Å². The summed E-state index contributed by atoms with van der Waals surface area (Å²) in [5.74, 6) is 0.165. The third-order valence-corrected chi connectivity index (χ3v) is 3.43. The zero-order valence-electron chi connectivity index (χ0n) is 11.3. The van der Waals surface area contributed by atoms with Crippen LogP contribution in [0.1, 0.15) is 12.0 Å². The Labute approximate surface area is 131 Å². The number of benzene rings is 1. The quantitative estimate of drug-likeness (QED) is 0.848. The highest BCUT2D eigenvalue weighted by molar-refractivity contribution is 6.30. The Morgan fingerprint density at radius 2 is 2.10 bits per heavy atom. The van der Waals surface area contributed by atoms with Crippen molar-refractivity contribution in [2.75, 3.05) is 32.7 Å². The minimum absolute atomic E-state index is 0. The van der Waals surface area contributed by atoms with Gasteiger partial charge in [0.05, 0.1) is 0 Å². The second-order valence-corrected chi connectivity index (χ2v) is 5.13. The lowest BCUT2D eigenvalue weighted by Gasteiger charge is -2.26. The first-order valence-corrected chi connectivity index (χ1v) is 7.01. The van der Waals surface area contributed by atoms with Crippen LogP contribution in [0, 0.1) is 0 Å². The summed E-state index contributed by atoms with van der Waals surface area (Å²) in [6.45, 7) is 4.95. The Kier molecular flexibility index (Phi) is 7.85. The van der Waals surface area contributed by atoms with Gasteiger partial charge in [0, 0.05) is 44.2 Å². The van der Waals surface area contributed by atoms with Crippen LogP contribution < -0.4 is 5.32 Å². The number of rotatable bonds is 5. The summed E-state index contributed by atoms with van der Waals surface area (Å²) in [6, 6.07) is 7.49. The molecule has 1 aliphatic rings. The van der Waals surface area contributed by atoms with Gasteiger partial charge in [-0.15, -0.1) is 12.4 Å². The van der Waals surface area contributed by atoms with E-state index in [-0.39, 0.29) is 18.2 Å². The van der Waals surface area contributed by atoms with Crippen molar-refractivity contribution in [2.45, 2.75) is 6.42 Å². The van der Waals surface area contributed by atoms with Crippen molar-refractivity contribution in [3.05, 3.63) is 40.9 Å². The topological polar surface area (TPSA) is 32.3 Å². The maximum absolute atomic E-state index is 11.8. The number of hydrogen-bond donors (Lipinski definition) is 1. The molecule has 1 saturated heterocycles. The molecule has 0 radical (unpaired) electrons. The van der Waals surface area contributed by atoms with Crippen LogP contribution in [0.2, 0.25) is 5.02 Å². The number of carbonyl (C=O) groups excluding carboxylic acids is 1. The molecule has 0 aliphatic carbocycles. The van der Waals surface area contributed by atoms with Gasteiger partial charge in [0.2, 0.25) is 0 Å². The number of ketones is 1. The van der Waals surface area contributed by atoms with Gasteiger partial charge in [-0.25, -0.2) is 0 Å². The summed E-state index contributed by atoms with van der Waals surface area (Å²) in [6.07, 6.45) is 4.05. The molecule has 1 N–H and O–H groups in total. The third kappa shape index (κ3) is 6.06. The lowest BCUT2D eigenvalue weighted by atomic mass is 10.1. The summed E-state index contributed by atoms with van der Waals surface area (Å²) in [4.78, 5) is 14.1. The lowest BCUT2D eigenvalue weighted by Crippen LogP contribution is -2.44. The molecule has 0 atom stereocenters. The predicted molar refractivity (Wildman–Crippen MR) is 86.7 cm³/mol. The Morgan fingerprint density at radius 3 is 2.80 bits per heavy atom. The zero-order valence-corrected chi connectivity index (χ0v) is 12.9. The van der Waals surface area contributed by atoms with Crippen molar-refractivity contribution in [2.24, 2.45) is 0 Å². The Morgan fingerprint density at radius 1 is 1.35 bits per heavy atom. The molecule has 5 heteroatoms. The molecule has 0 amide bonds. The van der Waals surface area contributed by atoms with E-state index in [4.69, 9.17) is 11.6 Å². The van der Waals surface area contributed by atoms with Crippen molar-refractivity contribution < 1.29 is 4.79 Å². The van der Waals surface area contributed by atoms with Gasteiger partial charge in [-0.3, -0.25) is 4.79 Å². The fourth-order valence-corrected chi connectivity index (χ4v) is 2.28. The maximum Gasteiger partial charge on any atom is 0.156 e. The highest BCUT2D eigenvalue weighted by Crippen LogP contribution is 2.11. The predicted octanol–water partition coefficient (Wildman–Crippen LogP) is 2.64. The molecule has 0 aromatic heterocycles. The van der Waals surface area contributed by atoms with Crippen LogP contribution in [-0.4, -0.2) is 43.4 Å². The zero-order chi connectivity index (χ0) is 13.5. The monoisotopic (exact) mass is 314 g/mol. The van der Waals surface area contributed by atoms with Gasteiger partial charge in [-0.1, -0.05) is 29.8 Å². The number of piperazine rings is 1. The van der Waals surface area contributed by atoms with E-state index >= 15 is 0 Å². The van der Waals surface area contributed by atoms with Crippen molar-refractivity contribution in [3.8, 4) is 0 Å². The summed E-state index contributed by atoms with van der Waals surface area (Å²) in [7, 11) is 0. The molecule has 0 spiro atoms. The average molecular weight is 315 g/mol. The van der Waals surface area contributed by atoms with E-state index in [0.29, 0.717) is 11.4 Å². The minimum atomic E-state index is 0. The normalized spacial score (nSPS) is 16.1. The van der Waals surface area contributed by atoms with Gasteiger partial charge >= 0.3 is 0 Å². The average Bonchev–Trinajstić information content (AvgIpc) is 2.44. The highest BCUT2D eigenvalue weighted by atomic mass is 35.5. The van der Waals surface area contributed by atoms with Crippen LogP contribution in [0.15, 0.2) is 30.3 Å². The van der Waals surface area contributed by atoms with E-state index in [1.807, 2.05) is 30.3 Å². The van der Waals surface area contributed by atoms with Crippen LogP contribution in [-0.2, 0) is 4.79 Å². The van der Waals surface area contributed by atoms with Crippen LogP contribution in [0.25, 0.3) is 6.08 Å². The van der Waals surface area contributed by atoms with Crippen molar-refractivity contribution in [1.29, 1.82) is 0 Å². The molecule has 20 heavy (non-hydrogen) atoms. The minimum Gasteiger partial charge on any atom is -0.314 e. The fraction of sp³-hybridized carbons (Fsp3) is 0.400. The van der Waals surface area contributed by atoms with Gasteiger partial charge in [0.1, 0.15) is 0 Å². The van der Waals surface area contributed by atoms with E-state index in [0.717, 1.165) is 38.3 Å². The number of halogens is 2. The van der Waals surface area contributed by atoms with Crippen LogP contribution in [0.5, 0.6) is 0 Å². The van der Waals surface area contributed by atoms with E-state index < -0.39 is 0 Å². The second-order valence-electron chi connectivity index (χ2n) is 4.70. The number of allylic oxidation sites excluding steroid dienone is 1. The van der Waals surface area contributed by atoms with Crippen LogP contribution >= 0.6 is 24.0 Å². The van der Waals surface area contributed by atoms with E-state index in [1.54, 1.807) is 6.08 Å². The number of hydrogen-bond acceptors (Lipinski definition) is 3. The smallest absolute Gasteiger partial charge is 0.156 e. The highest BCUT2D eigenvalue weighted by Gasteiger charge is 2.09. The fourth-order valence-electron chi connectivity index (χ4n) is 2.09. The second kappa shape index (κ2) is 9.14. The maximum atomic E-state index is 11.8.